The van der Waals surface area contributed by atoms with E-state index in [0.29, 0.717) is 13.0 Å². The Bertz CT molecular complexity index is 313. The van der Waals surface area contributed by atoms with E-state index in [1.807, 2.05) is 0 Å². The molecule has 0 radical (unpaired) electrons. The number of nitrogens with two attached hydrogens (primary N) is 4. The first-order valence-electron chi connectivity index (χ1n) is 5.26. The number of unbranched alkanes of at least 4 members (excludes halogenated alkanes) is 1. The fraction of sp³-hybridized carbons (Fsp3) is 0.600. The van der Waals surface area contributed by atoms with Gasteiger partial charge in [-0.2, -0.15) is 0 Å². The maximum atomic E-state index is 11.5. The lowest BCUT2D eigenvalue weighted by molar-refractivity contribution is -0.144. The van der Waals surface area contributed by atoms with Crippen molar-refractivity contribution in [3.63, 3.8) is 0 Å². The largest absolute Gasteiger partial charge is 0.432 e. The van der Waals surface area contributed by atoms with E-state index in [9.17, 15) is 9.59 Å². The number of rotatable bonds is 7. The minimum absolute atomic E-state index is 0.108. The third-order valence-corrected chi connectivity index (χ3v) is 2.16. The van der Waals surface area contributed by atoms with Crippen LogP contribution >= 0.6 is 0 Å². The van der Waals surface area contributed by atoms with Crippen LogP contribution in [0.3, 0.4) is 0 Å². The van der Waals surface area contributed by atoms with E-state index >= 15 is 0 Å². The van der Waals surface area contributed by atoms with Gasteiger partial charge < -0.3 is 27.7 Å². The molecule has 17 heavy (non-hydrogen) atoms. The molecule has 7 nitrogen and oxygen atoms in total. The maximum Gasteiger partial charge on any atom is 0.345 e. The summed E-state index contributed by atoms with van der Waals surface area (Å²) in [5.41, 5.74) is 19.9. The van der Waals surface area contributed by atoms with Crippen molar-refractivity contribution >= 4 is 11.9 Å². The summed E-state index contributed by atoms with van der Waals surface area (Å²) >= 11 is 0. The van der Waals surface area contributed by atoms with Gasteiger partial charge in [0.25, 0.3) is 0 Å². The maximum absolute atomic E-state index is 11.5. The minimum atomic E-state index is -1.58. The van der Waals surface area contributed by atoms with Gasteiger partial charge in [-0.1, -0.05) is 0 Å². The molecular formula is C10H20N4O3. The molecule has 1 amide bonds. The molecular weight excluding hydrogens is 224 g/mol. The zero-order valence-electron chi connectivity index (χ0n) is 9.94. The average Bonchev–Trinajstić information content (AvgIpc) is 2.25. The molecule has 0 aliphatic rings. The molecule has 0 fully saturated rings. The Kier molecular flexibility index (Phi) is 6.40. The monoisotopic (exact) mass is 244 g/mol. The Morgan fingerprint density at radius 3 is 2.35 bits per heavy atom. The molecule has 98 valence electrons. The predicted molar refractivity (Wildman–Crippen MR) is 63.1 cm³/mol. The summed E-state index contributed by atoms with van der Waals surface area (Å²) in [6, 6.07) is 0. The first kappa shape index (κ1) is 15.6. The van der Waals surface area contributed by atoms with Gasteiger partial charge in [-0.15, -0.1) is 0 Å². The zero-order valence-corrected chi connectivity index (χ0v) is 9.94. The van der Waals surface area contributed by atoms with Gasteiger partial charge in [-0.25, -0.2) is 4.79 Å². The third-order valence-electron chi connectivity index (χ3n) is 2.16. The lowest BCUT2D eigenvalue weighted by Crippen LogP contribution is -2.56. The summed E-state index contributed by atoms with van der Waals surface area (Å²) in [6.07, 6.45) is 2.55. The van der Waals surface area contributed by atoms with Crippen molar-refractivity contribution in [1.29, 1.82) is 0 Å². The predicted octanol–water partition coefficient (Wildman–Crippen LogP) is -1.34. The molecule has 0 saturated carbocycles. The van der Waals surface area contributed by atoms with Gasteiger partial charge in [0.1, 0.15) is 6.26 Å². The highest BCUT2D eigenvalue weighted by atomic mass is 16.5. The van der Waals surface area contributed by atoms with Crippen LogP contribution < -0.4 is 22.9 Å². The summed E-state index contributed by atoms with van der Waals surface area (Å²) in [4.78, 5) is 22.1. The Hall–Kier alpha value is -1.44. The van der Waals surface area contributed by atoms with Crippen LogP contribution in [0.5, 0.6) is 0 Å². The second-order valence-electron chi connectivity index (χ2n) is 3.86. The molecule has 0 unspecified atom stereocenters. The second kappa shape index (κ2) is 7.00. The Morgan fingerprint density at radius 1 is 1.29 bits per heavy atom. The quantitative estimate of drug-likeness (QED) is 0.143. The Labute approximate surface area is 100 Å². The molecule has 7 heteroatoms. The highest BCUT2D eigenvalue weighted by molar-refractivity contribution is 5.91. The van der Waals surface area contributed by atoms with Crippen LogP contribution in [-0.2, 0) is 14.3 Å². The molecule has 0 bridgehead atoms. The van der Waals surface area contributed by atoms with Crippen LogP contribution in [0.1, 0.15) is 26.2 Å². The van der Waals surface area contributed by atoms with Gasteiger partial charge >= 0.3 is 5.97 Å². The molecule has 0 atom stereocenters. The molecule has 0 aromatic heterocycles. The van der Waals surface area contributed by atoms with E-state index in [-0.39, 0.29) is 12.0 Å². The van der Waals surface area contributed by atoms with E-state index in [2.05, 4.69) is 4.74 Å². The summed E-state index contributed by atoms with van der Waals surface area (Å²) in [7, 11) is 0. The minimum Gasteiger partial charge on any atom is -0.432 e. The molecule has 0 saturated heterocycles. The molecule has 0 heterocycles. The molecule has 8 N–H and O–H groups in total. The molecule has 0 aliphatic heterocycles. The SMILES string of the molecule is C/C(=C\OC(=O)C(N)(N)CCCCN)C(N)=O. The highest BCUT2D eigenvalue weighted by Crippen LogP contribution is 2.08. The van der Waals surface area contributed by atoms with Crippen molar-refractivity contribution in [3.8, 4) is 0 Å². The zero-order chi connectivity index (χ0) is 13.5. The first-order chi connectivity index (χ1) is 7.81. The van der Waals surface area contributed by atoms with Crippen LogP contribution in [0.4, 0.5) is 0 Å². The van der Waals surface area contributed by atoms with Gasteiger partial charge in [0.15, 0.2) is 5.66 Å². The summed E-state index contributed by atoms with van der Waals surface area (Å²) < 4.78 is 4.68. The normalized spacial score (nSPS) is 12.4. The van der Waals surface area contributed by atoms with Crippen molar-refractivity contribution in [2.45, 2.75) is 31.8 Å². The van der Waals surface area contributed by atoms with Crippen molar-refractivity contribution in [3.05, 3.63) is 11.8 Å². The first-order valence-corrected chi connectivity index (χ1v) is 5.26. The van der Waals surface area contributed by atoms with E-state index in [1.54, 1.807) is 0 Å². The number of hydrogen-bond acceptors (Lipinski definition) is 6. The van der Waals surface area contributed by atoms with Crippen molar-refractivity contribution in [1.82, 2.24) is 0 Å². The van der Waals surface area contributed by atoms with Crippen LogP contribution in [-0.4, -0.2) is 24.1 Å². The van der Waals surface area contributed by atoms with Gasteiger partial charge in [-0.3, -0.25) is 4.79 Å². The highest BCUT2D eigenvalue weighted by Gasteiger charge is 2.30. The fourth-order valence-corrected chi connectivity index (χ4v) is 0.974. The van der Waals surface area contributed by atoms with Gasteiger partial charge in [0, 0.05) is 5.57 Å². The van der Waals surface area contributed by atoms with Crippen molar-refractivity contribution < 1.29 is 14.3 Å². The molecule has 0 spiro atoms. The number of carbonyl (C=O) groups excluding carboxylic acids is 2. The average molecular weight is 244 g/mol. The molecule has 0 aromatic carbocycles. The number of esters is 1. The van der Waals surface area contributed by atoms with Crippen LogP contribution in [0, 0.1) is 0 Å². The van der Waals surface area contributed by atoms with E-state index in [4.69, 9.17) is 22.9 Å². The summed E-state index contributed by atoms with van der Waals surface area (Å²) in [6.45, 7) is 1.92. The number of hydrogen-bond donors (Lipinski definition) is 4. The van der Waals surface area contributed by atoms with Gasteiger partial charge in [0.2, 0.25) is 5.91 Å². The Morgan fingerprint density at radius 2 is 1.88 bits per heavy atom. The third kappa shape index (κ3) is 6.00. The standard InChI is InChI=1S/C10H20N4O3/c1-7(8(12)15)6-17-9(16)10(13,14)4-2-3-5-11/h6H,2-5,11,13-14H2,1H3,(H2,12,15)/b7-6+. The van der Waals surface area contributed by atoms with Crippen molar-refractivity contribution in [2.24, 2.45) is 22.9 Å². The smallest absolute Gasteiger partial charge is 0.345 e. The van der Waals surface area contributed by atoms with Gasteiger partial charge in [0.05, 0.1) is 0 Å². The molecule has 0 aromatic rings. The summed E-state index contributed by atoms with van der Waals surface area (Å²) in [5.74, 6) is -1.49. The van der Waals surface area contributed by atoms with E-state index in [1.165, 1.54) is 6.92 Å². The molecule has 0 rings (SSSR count). The number of primary amides is 1. The number of ether oxygens (including phenoxy) is 1. The molecule has 0 aliphatic carbocycles. The topological polar surface area (TPSA) is 147 Å². The lowest BCUT2D eigenvalue weighted by Gasteiger charge is -2.21. The Balaban J connectivity index is 4.29. The lowest BCUT2D eigenvalue weighted by atomic mass is 10.0. The van der Waals surface area contributed by atoms with E-state index in [0.717, 1.165) is 12.7 Å². The van der Waals surface area contributed by atoms with E-state index < -0.39 is 17.5 Å². The van der Waals surface area contributed by atoms with Crippen LogP contribution in [0.15, 0.2) is 11.8 Å². The number of amides is 1. The fourth-order valence-electron chi connectivity index (χ4n) is 0.974. The van der Waals surface area contributed by atoms with Crippen molar-refractivity contribution in [2.75, 3.05) is 6.54 Å². The van der Waals surface area contributed by atoms with Crippen LogP contribution in [0.25, 0.3) is 0 Å². The van der Waals surface area contributed by atoms with Crippen LogP contribution in [0.2, 0.25) is 0 Å². The number of carbonyl (C=O) groups is 2. The second-order valence-corrected chi connectivity index (χ2v) is 3.86. The summed E-state index contributed by atoms with van der Waals surface area (Å²) in [5, 5.41) is 0. The van der Waals surface area contributed by atoms with Gasteiger partial charge in [-0.05, 0) is 32.7 Å².